The molecule has 0 aliphatic carbocycles. The number of urea groups is 1. The molecule has 2 atom stereocenters. The first-order valence-electron chi connectivity index (χ1n) is 9.47. The maximum atomic E-state index is 13.9. The average molecular weight is 388 g/mol. The maximum Gasteiger partial charge on any atom is 0.317 e. The topological polar surface area (TPSA) is 92.2 Å². The summed E-state index contributed by atoms with van der Waals surface area (Å²) in [5.74, 6) is -0.331. The van der Waals surface area contributed by atoms with Crippen LogP contribution in [0.25, 0.3) is 0 Å². The van der Waals surface area contributed by atoms with E-state index in [9.17, 15) is 14.0 Å². The number of hydrogen-bond donors (Lipinski definition) is 2. The molecule has 1 aromatic carbocycles. The molecule has 1 aromatic heterocycles. The summed E-state index contributed by atoms with van der Waals surface area (Å²) in [4.78, 5) is 26.0. The van der Waals surface area contributed by atoms with Crippen molar-refractivity contribution in [2.24, 2.45) is 0 Å². The van der Waals surface area contributed by atoms with Crippen molar-refractivity contribution in [3.05, 3.63) is 47.8 Å². The second-order valence-corrected chi connectivity index (χ2v) is 6.87. The fraction of sp³-hybridized carbons (Fsp3) is 0.474. The molecule has 1 saturated heterocycles. The lowest BCUT2D eigenvalue weighted by molar-refractivity contribution is 0.0945. The molecular formula is C19H25FN6O2. The lowest BCUT2D eigenvalue weighted by atomic mass is 10.2. The van der Waals surface area contributed by atoms with Gasteiger partial charge in [-0.05, 0) is 12.0 Å². The van der Waals surface area contributed by atoms with Gasteiger partial charge in [0.15, 0.2) is 5.69 Å². The molecule has 2 heterocycles. The van der Waals surface area contributed by atoms with Crippen molar-refractivity contribution in [1.82, 2.24) is 30.5 Å². The fourth-order valence-corrected chi connectivity index (χ4v) is 3.19. The number of benzene rings is 1. The van der Waals surface area contributed by atoms with Crippen LogP contribution in [0.1, 0.15) is 35.8 Å². The number of halogens is 1. The average Bonchev–Trinajstić information content (AvgIpc) is 3.32. The third-order valence-electron chi connectivity index (χ3n) is 4.62. The van der Waals surface area contributed by atoms with Crippen LogP contribution in [-0.2, 0) is 13.1 Å². The molecule has 1 aliphatic rings. The van der Waals surface area contributed by atoms with Crippen LogP contribution < -0.4 is 10.6 Å². The summed E-state index contributed by atoms with van der Waals surface area (Å²) in [6, 6.07) is 8.96. The van der Waals surface area contributed by atoms with Crippen LogP contribution in [0, 0.1) is 0 Å². The Hall–Kier alpha value is -2.97. The number of nitrogens with one attached hydrogen (secondary N) is 2. The molecule has 28 heavy (non-hydrogen) atoms. The zero-order valence-electron chi connectivity index (χ0n) is 15.8. The molecule has 0 unspecified atom stereocenters. The molecule has 2 aromatic rings. The van der Waals surface area contributed by atoms with Gasteiger partial charge in [0.05, 0.1) is 25.3 Å². The van der Waals surface area contributed by atoms with Crippen LogP contribution in [-0.4, -0.2) is 57.1 Å². The van der Waals surface area contributed by atoms with E-state index in [1.165, 1.54) is 15.8 Å². The summed E-state index contributed by atoms with van der Waals surface area (Å²) in [5, 5.41) is 13.4. The van der Waals surface area contributed by atoms with Crippen LogP contribution >= 0.6 is 0 Å². The van der Waals surface area contributed by atoms with Crippen molar-refractivity contribution in [1.29, 1.82) is 0 Å². The largest absolute Gasteiger partial charge is 0.347 e. The Morgan fingerprint density at radius 3 is 2.79 bits per heavy atom. The number of likely N-dealkylation sites (tertiary alicyclic amines) is 1. The van der Waals surface area contributed by atoms with Crippen LogP contribution in [0.5, 0.6) is 0 Å². The van der Waals surface area contributed by atoms with E-state index in [0.717, 1.165) is 12.0 Å². The van der Waals surface area contributed by atoms with Gasteiger partial charge in [0.1, 0.15) is 6.17 Å². The van der Waals surface area contributed by atoms with Crippen molar-refractivity contribution in [2.75, 3.05) is 13.1 Å². The van der Waals surface area contributed by atoms with Crippen LogP contribution in [0.3, 0.4) is 0 Å². The summed E-state index contributed by atoms with van der Waals surface area (Å²) in [6.07, 6.45) is 1.52. The van der Waals surface area contributed by atoms with Gasteiger partial charge >= 0.3 is 6.03 Å². The molecular weight excluding hydrogens is 363 g/mol. The van der Waals surface area contributed by atoms with Crippen molar-refractivity contribution in [3.8, 4) is 0 Å². The Balaban J connectivity index is 1.57. The molecule has 0 bridgehead atoms. The minimum absolute atomic E-state index is 0.0688. The number of amides is 3. The predicted octanol–water partition coefficient (Wildman–Crippen LogP) is 1.74. The number of aromatic nitrogens is 3. The molecule has 3 amide bonds. The normalized spacial score (nSPS) is 18.9. The Bertz CT molecular complexity index is 797. The Morgan fingerprint density at radius 2 is 2.04 bits per heavy atom. The second kappa shape index (κ2) is 9.29. The number of carbonyl (C=O) groups is 2. The monoisotopic (exact) mass is 388 g/mol. The lowest BCUT2D eigenvalue weighted by Gasteiger charge is -2.24. The van der Waals surface area contributed by atoms with E-state index in [1.807, 2.05) is 37.3 Å². The quantitative estimate of drug-likeness (QED) is 0.756. The molecule has 0 saturated carbocycles. The third-order valence-corrected chi connectivity index (χ3v) is 4.62. The van der Waals surface area contributed by atoms with Gasteiger partial charge in [-0.2, -0.15) is 0 Å². The smallest absolute Gasteiger partial charge is 0.317 e. The zero-order valence-corrected chi connectivity index (χ0v) is 15.8. The van der Waals surface area contributed by atoms with E-state index in [2.05, 4.69) is 20.9 Å². The van der Waals surface area contributed by atoms with E-state index < -0.39 is 6.17 Å². The SMILES string of the molecule is CCCNC(=O)N1C[C@@H](F)C[C@H]1Cn1cc(C(=O)NCc2ccccc2)nn1. The summed E-state index contributed by atoms with van der Waals surface area (Å²) in [5.41, 5.74) is 1.17. The number of nitrogens with zero attached hydrogens (tertiary/aromatic N) is 4. The standard InChI is InChI=1S/C19H25FN6O2/c1-2-8-21-19(28)26-11-15(20)9-16(26)12-25-13-17(23-24-25)18(27)22-10-14-6-4-3-5-7-14/h3-7,13,15-16H,2,8-12H2,1H3,(H,21,28)(H,22,27)/t15-,16-/m0/s1. The number of alkyl halides is 1. The second-order valence-electron chi connectivity index (χ2n) is 6.87. The van der Waals surface area contributed by atoms with Gasteiger partial charge < -0.3 is 15.5 Å². The van der Waals surface area contributed by atoms with Gasteiger partial charge in [-0.15, -0.1) is 5.10 Å². The Labute approximate surface area is 163 Å². The summed E-state index contributed by atoms with van der Waals surface area (Å²) in [6.45, 7) is 3.26. The van der Waals surface area contributed by atoms with Crippen LogP contribution in [0.4, 0.5) is 9.18 Å². The van der Waals surface area contributed by atoms with Gasteiger partial charge in [0.2, 0.25) is 0 Å². The highest BCUT2D eigenvalue weighted by Gasteiger charge is 2.35. The van der Waals surface area contributed by atoms with Crippen molar-refractivity contribution < 1.29 is 14.0 Å². The predicted molar refractivity (Wildman–Crippen MR) is 101 cm³/mol. The Morgan fingerprint density at radius 1 is 1.25 bits per heavy atom. The molecule has 1 aliphatic heterocycles. The fourth-order valence-electron chi connectivity index (χ4n) is 3.19. The van der Waals surface area contributed by atoms with E-state index in [1.54, 1.807) is 0 Å². The molecule has 1 fully saturated rings. The molecule has 2 N–H and O–H groups in total. The molecule has 8 nitrogen and oxygen atoms in total. The number of rotatable bonds is 7. The first-order valence-corrected chi connectivity index (χ1v) is 9.47. The van der Waals surface area contributed by atoms with Gasteiger partial charge in [-0.3, -0.25) is 4.79 Å². The summed E-state index contributed by atoms with van der Waals surface area (Å²) in [7, 11) is 0. The van der Waals surface area contributed by atoms with Gasteiger partial charge in [-0.1, -0.05) is 42.5 Å². The van der Waals surface area contributed by atoms with E-state index in [-0.39, 0.29) is 36.6 Å². The molecule has 0 radical (unpaired) electrons. The van der Waals surface area contributed by atoms with E-state index >= 15 is 0 Å². The highest BCUT2D eigenvalue weighted by molar-refractivity contribution is 5.91. The van der Waals surface area contributed by atoms with Crippen molar-refractivity contribution in [2.45, 2.75) is 45.1 Å². The molecule has 9 heteroatoms. The lowest BCUT2D eigenvalue weighted by Crippen LogP contribution is -2.44. The zero-order chi connectivity index (χ0) is 19.9. The maximum absolute atomic E-state index is 13.9. The highest BCUT2D eigenvalue weighted by atomic mass is 19.1. The van der Waals surface area contributed by atoms with E-state index in [0.29, 0.717) is 19.6 Å². The first-order chi connectivity index (χ1) is 13.6. The molecule has 3 rings (SSSR count). The minimum atomic E-state index is -1.06. The molecule has 0 spiro atoms. The van der Waals surface area contributed by atoms with Crippen molar-refractivity contribution in [3.63, 3.8) is 0 Å². The van der Waals surface area contributed by atoms with Gasteiger partial charge in [0, 0.05) is 19.5 Å². The van der Waals surface area contributed by atoms with Crippen molar-refractivity contribution >= 4 is 11.9 Å². The van der Waals surface area contributed by atoms with Crippen LogP contribution in [0.2, 0.25) is 0 Å². The van der Waals surface area contributed by atoms with E-state index in [4.69, 9.17) is 0 Å². The summed E-state index contributed by atoms with van der Waals surface area (Å²) >= 11 is 0. The van der Waals surface area contributed by atoms with Gasteiger partial charge in [0.25, 0.3) is 5.91 Å². The first kappa shape index (κ1) is 19.8. The number of hydrogen-bond acceptors (Lipinski definition) is 4. The minimum Gasteiger partial charge on any atom is -0.347 e. The number of carbonyl (C=O) groups excluding carboxylic acids is 2. The Kier molecular flexibility index (Phi) is 6.57. The molecule has 150 valence electrons. The van der Waals surface area contributed by atoms with Gasteiger partial charge in [-0.25, -0.2) is 13.9 Å². The van der Waals surface area contributed by atoms with Crippen LogP contribution in [0.15, 0.2) is 36.5 Å². The summed E-state index contributed by atoms with van der Waals surface area (Å²) < 4.78 is 15.4. The third kappa shape index (κ3) is 5.05. The highest BCUT2D eigenvalue weighted by Crippen LogP contribution is 2.21.